The number of benzene rings is 1. The number of piperazine rings is 1. The average Bonchev–Trinajstić information content (AvgIpc) is 2.56. The van der Waals surface area contributed by atoms with Crippen LogP contribution in [0.5, 0.6) is 5.75 Å². The smallest absolute Gasteiger partial charge is 0.211 e. The molecule has 1 aromatic rings. The third-order valence-corrected chi connectivity index (χ3v) is 3.87. The molecule has 1 heterocycles. The number of nitrogens with two attached hydrogens (primary N) is 2. The minimum atomic E-state index is -0.0640. The molecule has 1 aliphatic heterocycles. The maximum Gasteiger partial charge on any atom is 0.211 e. The van der Waals surface area contributed by atoms with Gasteiger partial charge in [0, 0.05) is 38.3 Å². The quantitative estimate of drug-likeness (QED) is 0.429. The van der Waals surface area contributed by atoms with Crippen molar-refractivity contribution in [2.24, 2.45) is 21.7 Å². The van der Waals surface area contributed by atoms with E-state index >= 15 is 0 Å². The van der Waals surface area contributed by atoms with Crippen molar-refractivity contribution in [1.82, 2.24) is 9.80 Å². The van der Waals surface area contributed by atoms with Gasteiger partial charge in [-0.3, -0.25) is 4.90 Å². The summed E-state index contributed by atoms with van der Waals surface area (Å²) in [5, 5.41) is 7.44. The number of rotatable bonds is 7. The average molecular weight is 318 g/mol. The molecule has 23 heavy (non-hydrogen) atoms. The van der Waals surface area contributed by atoms with E-state index in [-0.39, 0.29) is 5.96 Å². The number of nitrogens with zero attached hydrogens (tertiary/aromatic N) is 4. The topological polar surface area (TPSA) is 92.5 Å². The maximum atomic E-state index is 5.89. The summed E-state index contributed by atoms with van der Waals surface area (Å²) in [6.45, 7) is 9.40. The first-order valence-electron chi connectivity index (χ1n) is 7.97. The predicted molar refractivity (Wildman–Crippen MR) is 93.9 cm³/mol. The Morgan fingerprint density at radius 2 is 1.87 bits per heavy atom. The first-order valence-corrected chi connectivity index (χ1v) is 7.97. The maximum absolute atomic E-state index is 5.89. The fraction of sp³-hybridized carbons (Fsp3) is 0.500. The second-order valence-corrected chi connectivity index (χ2v) is 5.43. The summed E-state index contributed by atoms with van der Waals surface area (Å²) in [5.41, 5.74) is 11.4. The number of guanidine groups is 1. The van der Waals surface area contributed by atoms with Crippen LogP contribution in [0.2, 0.25) is 0 Å². The molecular formula is C16H26N6O. The molecule has 0 bridgehead atoms. The normalized spacial score (nSPS) is 16.6. The second kappa shape index (κ2) is 9.12. The summed E-state index contributed by atoms with van der Waals surface area (Å²) < 4.78 is 5.89. The number of hydrogen-bond acceptors (Lipinski definition) is 5. The van der Waals surface area contributed by atoms with Crippen LogP contribution in [0.25, 0.3) is 0 Å². The van der Waals surface area contributed by atoms with Gasteiger partial charge in [0.15, 0.2) is 0 Å². The molecule has 1 aromatic carbocycles. The van der Waals surface area contributed by atoms with E-state index in [0.717, 1.165) is 50.6 Å². The van der Waals surface area contributed by atoms with Crippen molar-refractivity contribution in [3.05, 3.63) is 29.8 Å². The molecule has 7 heteroatoms. The number of hydrogen-bond donors (Lipinski definition) is 2. The summed E-state index contributed by atoms with van der Waals surface area (Å²) >= 11 is 0. The van der Waals surface area contributed by atoms with Crippen LogP contribution in [-0.2, 0) is 0 Å². The lowest BCUT2D eigenvalue weighted by Gasteiger charge is -2.33. The molecule has 0 aromatic heterocycles. The molecule has 1 aliphatic rings. The van der Waals surface area contributed by atoms with Gasteiger partial charge in [-0.15, -0.1) is 5.10 Å². The monoisotopic (exact) mass is 318 g/mol. The predicted octanol–water partition coefficient (Wildman–Crippen LogP) is 0.310. The molecule has 0 radical (unpaired) electrons. The van der Waals surface area contributed by atoms with Gasteiger partial charge >= 0.3 is 0 Å². The Hall–Kier alpha value is -2.12. The SMILES string of the molecule is CCN1CCN(CCOc2ccccc2C=NN=C(N)N)CC1. The van der Waals surface area contributed by atoms with Gasteiger partial charge < -0.3 is 21.1 Å². The molecule has 0 saturated carbocycles. The Morgan fingerprint density at radius 3 is 2.57 bits per heavy atom. The van der Waals surface area contributed by atoms with Crippen molar-refractivity contribution < 1.29 is 4.74 Å². The summed E-state index contributed by atoms with van der Waals surface area (Å²) in [6.07, 6.45) is 1.59. The Bertz CT molecular complexity index is 533. The van der Waals surface area contributed by atoms with Gasteiger partial charge in [-0.1, -0.05) is 19.1 Å². The summed E-state index contributed by atoms with van der Waals surface area (Å²) in [7, 11) is 0. The summed E-state index contributed by atoms with van der Waals surface area (Å²) in [4.78, 5) is 4.90. The van der Waals surface area contributed by atoms with Crippen LogP contribution in [0, 0.1) is 0 Å². The first kappa shape index (κ1) is 17.2. The zero-order chi connectivity index (χ0) is 16.5. The molecule has 0 spiro atoms. The molecule has 1 fully saturated rings. The molecule has 0 atom stereocenters. The van der Waals surface area contributed by atoms with Crippen molar-refractivity contribution in [3.8, 4) is 5.75 Å². The molecule has 126 valence electrons. The highest BCUT2D eigenvalue weighted by molar-refractivity contribution is 5.84. The van der Waals surface area contributed by atoms with Crippen molar-refractivity contribution in [1.29, 1.82) is 0 Å². The van der Waals surface area contributed by atoms with Gasteiger partial charge in [0.05, 0.1) is 6.21 Å². The standard InChI is InChI=1S/C16H26N6O/c1-2-21-7-9-22(10-8-21)11-12-23-15-6-4-3-5-14(15)13-19-20-16(17)18/h3-6,13H,2,7-12H2,1H3,(H4,17,18,20). The second-order valence-electron chi connectivity index (χ2n) is 5.43. The number of para-hydroxylation sites is 1. The van der Waals surface area contributed by atoms with Crippen LogP contribution >= 0.6 is 0 Å². The Balaban J connectivity index is 1.82. The van der Waals surface area contributed by atoms with Gasteiger partial charge in [0.25, 0.3) is 0 Å². The minimum Gasteiger partial charge on any atom is -0.492 e. The van der Waals surface area contributed by atoms with E-state index in [1.54, 1.807) is 6.21 Å². The molecule has 2 rings (SSSR count). The van der Waals surface area contributed by atoms with Gasteiger partial charge in [-0.25, -0.2) is 0 Å². The van der Waals surface area contributed by atoms with Crippen LogP contribution in [0.3, 0.4) is 0 Å². The van der Waals surface area contributed by atoms with Crippen LogP contribution in [-0.4, -0.2) is 67.8 Å². The van der Waals surface area contributed by atoms with Crippen molar-refractivity contribution >= 4 is 12.2 Å². The van der Waals surface area contributed by atoms with Crippen LogP contribution in [0.15, 0.2) is 34.5 Å². The highest BCUT2D eigenvalue weighted by Crippen LogP contribution is 2.16. The fourth-order valence-electron chi connectivity index (χ4n) is 2.49. The van der Waals surface area contributed by atoms with E-state index in [1.807, 2.05) is 24.3 Å². The van der Waals surface area contributed by atoms with Gasteiger partial charge in [0.1, 0.15) is 12.4 Å². The number of likely N-dealkylation sites (N-methyl/N-ethyl adjacent to an activating group) is 1. The van der Waals surface area contributed by atoms with Crippen molar-refractivity contribution in [2.45, 2.75) is 6.92 Å². The van der Waals surface area contributed by atoms with E-state index in [2.05, 4.69) is 26.9 Å². The zero-order valence-electron chi connectivity index (χ0n) is 13.7. The van der Waals surface area contributed by atoms with Crippen LogP contribution in [0.1, 0.15) is 12.5 Å². The summed E-state index contributed by atoms with van der Waals surface area (Å²) in [5.74, 6) is 0.722. The van der Waals surface area contributed by atoms with E-state index in [4.69, 9.17) is 16.2 Å². The number of ether oxygens (including phenoxy) is 1. The van der Waals surface area contributed by atoms with E-state index in [1.165, 1.54) is 0 Å². The lowest BCUT2D eigenvalue weighted by molar-refractivity contribution is 0.121. The first-order chi connectivity index (χ1) is 11.2. The third kappa shape index (κ3) is 5.88. The van der Waals surface area contributed by atoms with Gasteiger partial charge in [0.2, 0.25) is 5.96 Å². The molecule has 0 unspecified atom stereocenters. The molecule has 4 N–H and O–H groups in total. The van der Waals surface area contributed by atoms with E-state index in [9.17, 15) is 0 Å². The third-order valence-electron chi connectivity index (χ3n) is 3.87. The minimum absolute atomic E-state index is 0.0640. The Kier molecular flexibility index (Phi) is 6.83. The van der Waals surface area contributed by atoms with Crippen molar-refractivity contribution in [3.63, 3.8) is 0 Å². The van der Waals surface area contributed by atoms with Gasteiger partial charge in [-0.2, -0.15) is 5.10 Å². The van der Waals surface area contributed by atoms with Gasteiger partial charge in [-0.05, 0) is 18.7 Å². The zero-order valence-corrected chi connectivity index (χ0v) is 13.7. The van der Waals surface area contributed by atoms with E-state index < -0.39 is 0 Å². The molecule has 1 saturated heterocycles. The van der Waals surface area contributed by atoms with Crippen LogP contribution < -0.4 is 16.2 Å². The summed E-state index contributed by atoms with van der Waals surface area (Å²) in [6, 6.07) is 7.70. The molecular weight excluding hydrogens is 292 g/mol. The fourth-order valence-corrected chi connectivity index (χ4v) is 2.49. The highest BCUT2D eigenvalue weighted by Gasteiger charge is 2.15. The molecule has 0 amide bonds. The lowest BCUT2D eigenvalue weighted by Crippen LogP contribution is -2.47. The lowest BCUT2D eigenvalue weighted by atomic mass is 10.2. The largest absolute Gasteiger partial charge is 0.492 e. The molecule has 0 aliphatic carbocycles. The van der Waals surface area contributed by atoms with Crippen LogP contribution in [0.4, 0.5) is 0 Å². The molecule has 7 nitrogen and oxygen atoms in total. The Morgan fingerprint density at radius 1 is 1.17 bits per heavy atom. The van der Waals surface area contributed by atoms with Crippen molar-refractivity contribution in [2.75, 3.05) is 45.9 Å². The van der Waals surface area contributed by atoms with E-state index in [0.29, 0.717) is 6.61 Å². The Labute approximate surface area is 137 Å². The highest BCUT2D eigenvalue weighted by atomic mass is 16.5.